The summed E-state index contributed by atoms with van der Waals surface area (Å²) >= 11 is 0. The van der Waals surface area contributed by atoms with Crippen LogP contribution in [0, 0.1) is 0 Å². The van der Waals surface area contributed by atoms with Crippen molar-refractivity contribution in [1.82, 2.24) is 0 Å². The summed E-state index contributed by atoms with van der Waals surface area (Å²) in [6.45, 7) is 9.74. The van der Waals surface area contributed by atoms with Crippen LogP contribution >= 0.6 is 0 Å². The second kappa shape index (κ2) is 6.88. The number of benzene rings is 1. The van der Waals surface area contributed by atoms with Crippen molar-refractivity contribution in [2.75, 3.05) is 6.61 Å². The molecule has 0 spiro atoms. The zero-order chi connectivity index (χ0) is 13.6. The van der Waals surface area contributed by atoms with Gasteiger partial charge in [-0.05, 0) is 12.5 Å². The predicted molar refractivity (Wildman–Crippen MR) is 79.2 cm³/mol. The second-order valence-electron chi connectivity index (χ2n) is 5.59. The van der Waals surface area contributed by atoms with Gasteiger partial charge in [0.05, 0.1) is 27.4 Å². The van der Waals surface area contributed by atoms with Crippen LogP contribution in [0.5, 0.6) is 0 Å². The molecule has 0 aromatic heterocycles. The molecule has 0 unspecified atom stereocenters. The summed E-state index contributed by atoms with van der Waals surface area (Å²) in [5, 5.41) is 10.9. The molecule has 1 aromatic rings. The van der Waals surface area contributed by atoms with Crippen molar-refractivity contribution in [3.05, 3.63) is 47.2 Å². The van der Waals surface area contributed by atoms with Crippen molar-refractivity contribution in [2.24, 2.45) is 0 Å². The van der Waals surface area contributed by atoms with Gasteiger partial charge in [0.1, 0.15) is 0 Å². The SMILES string of the molecule is C[C@H](O)/C(=C/COCc1ccccc1)[Si](C)(C)C. The van der Waals surface area contributed by atoms with Crippen molar-refractivity contribution in [3.63, 3.8) is 0 Å². The first kappa shape index (κ1) is 15.2. The zero-order valence-corrected chi connectivity index (χ0v) is 12.8. The first-order valence-corrected chi connectivity index (χ1v) is 9.91. The highest BCUT2D eigenvalue weighted by Gasteiger charge is 2.22. The molecular weight excluding hydrogens is 240 g/mol. The van der Waals surface area contributed by atoms with E-state index in [1.807, 2.05) is 25.1 Å². The highest BCUT2D eigenvalue weighted by Crippen LogP contribution is 2.18. The Kier molecular flexibility index (Phi) is 5.79. The minimum atomic E-state index is -1.45. The fourth-order valence-corrected chi connectivity index (χ4v) is 3.95. The van der Waals surface area contributed by atoms with E-state index in [2.05, 4.69) is 37.8 Å². The van der Waals surface area contributed by atoms with Gasteiger partial charge in [-0.2, -0.15) is 0 Å². The Labute approximate surface area is 111 Å². The average Bonchev–Trinajstić information content (AvgIpc) is 2.27. The molecule has 0 bridgehead atoms. The van der Waals surface area contributed by atoms with Crippen molar-refractivity contribution >= 4 is 8.07 Å². The maximum absolute atomic E-state index is 9.78. The molecule has 0 saturated heterocycles. The molecule has 0 fully saturated rings. The molecule has 0 aliphatic rings. The molecule has 0 radical (unpaired) electrons. The lowest BCUT2D eigenvalue weighted by Gasteiger charge is -2.23. The monoisotopic (exact) mass is 264 g/mol. The molecule has 18 heavy (non-hydrogen) atoms. The molecule has 1 N–H and O–H groups in total. The third-order valence-electron chi connectivity index (χ3n) is 2.85. The van der Waals surface area contributed by atoms with Crippen molar-refractivity contribution < 1.29 is 9.84 Å². The van der Waals surface area contributed by atoms with Crippen LogP contribution in [0.2, 0.25) is 19.6 Å². The third kappa shape index (κ3) is 5.17. The van der Waals surface area contributed by atoms with Gasteiger partial charge in [0.15, 0.2) is 0 Å². The standard InChI is InChI=1S/C15H24O2Si/c1-13(16)15(18(2,3)4)10-11-17-12-14-8-6-5-7-9-14/h5-10,13,16H,11-12H2,1-4H3/b15-10-/t13-/m0/s1. The van der Waals surface area contributed by atoms with E-state index < -0.39 is 8.07 Å². The van der Waals surface area contributed by atoms with E-state index in [0.717, 1.165) is 5.20 Å². The summed E-state index contributed by atoms with van der Waals surface area (Å²) in [5.41, 5.74) is 1.18. The zero-order valence-electron chi connectivity index (χ0n) is 11.8. The molecule has 3 heteroatoms. The Morgan fingerprint density at radius 1 is 1.28 bits per heavy atom. The van der Waals surface area contributed by atoms with E-state index in [1.54, 1.807) is 0 Å². The molecule has 0 aliphatic carbocycles. The van der Waals surface area contributed by atoms with Gasteiger partial charge in [0, 0.05) is 0 Å². The molecular formula is C15H24O2Si. The van der Waals surface area contributed by atoms with Gasteiger partial charge < -0.3 is 9.84 Å². The first-order valence-electron chi connectivity index (χ1n) is 6.41. The highest BCUT2D eigenvalue weighted by atomic mass is 28.3. The van der Waals surface area contributed by atoms with Gasteiger partial charge in [-0.3, -0.25) is 0 Å². The molecule has 100 valence electrons. The van der Waals surface area contributed by atoms with Crippen LogP contribution in [0.4, 0.5) is 0 Å². The number of hydrogen-bond acceptors (Lipinski definition) is 2. The topological polar surface area (TPSA) is 29.5 Å². The van der Waals surface area contributed by atoms with Gasteiger partial charge in [-0.15, -0.1) is 0 Å². The summed E-state index contributed by atoms with van der Waals surface area (Å²) in [7, 11) is -1.45. The maximum Gasteiger partial charge on any atom is 0.0754 e. The van der Waals surface area contributed by atoms with E-state index in [9.17, 15) is 5.11 Å². The van der Waals surface area contributed by atoms with Crippen molar-refractivity contribution in [3.8, 4) is 0 Å². The summed E-state index contributed by atoms with van der Waals surface area (Å²) in [4.78, 5) is 0. The average molecular weight is 264 g/mol. The Morgan fingerprint density at radius 2 is 1.89 bits per heavy atom. The molecule has 0 saturated carbocycles. The van der Waals surface area contributed by atoms with Crippen LogP contribution in [0.1, 0.15) is 12.5 Å². The number of ether oxygens (including phenoxy) is 1. The van der Waals surface area contributed by atoms with Crippen LogP contribution in [-0.4, -0.2) is 25.9 Å². The second-order valence-corrected chi connectivity index (χ2v) is 10.7. The van der Waals surface area contributed by atoms with E-state index in [4.69, 9.17) is 4.74 Å². The summed E-state index contributed by atoms with van der Waals surface area (Å²) in [6.07, 6.45) is 1.69. The molecule has 1 aromatic carbocycles. The highest BCUT2D eigenvalue weighted by molar-refractivity contribution is 6.83. The molecule has 0 heterocycles. The lowest BCUT2D eigenvalue weighted by atomic mass is 10.2. The molecule has 0 amide bonds. The fraction of sp³-hybridized carbons (Fsp3) is 0.467. The number of rotatable bonds is 6. The van der Waals surface area contributed by atoms with Gasteiger partial charge >= 0.3 is 0 Å². The molecule has 0 aliphatic heterocycles. The van der Waals surface area contributed by atoms with E-state index in [-0.39, 0.29) is 6.10 Å². The summed E-state index contributed by atoms with van der Waals surface area (Å²) in [6, 6.07) is 10.1. The van der Waals surface area contributed by atoms with Gasteiger partial charge in [-0.25, -0.2) is 0 Å². The summed E-state index contributed by atoms with van der Waals surface area (Å²) in [5.74, 6) is 0. The number of aliphatic hydroxyl groups excluding tert-OH is 1. The van der Waals surface area contributed by atoms with Gasteiger partial charge in [0.25, 0.3) is 0 Å². The van der Waals surface area contributed by atoms with E-state index in [0.29, 0.717) is 13.2 Å². The van der Waals surface area contributed by atoms with Crippen LogP contribution in [0.25, 0.3) is 0 Å². The van der Waals surface area contributed by atoms with Gasteiger partial charge in [0.2, 0.25) is 0 Å². The number of aliphatic hydroxyl groups is 1. The fourth-order valence-electron chi connectivity index (χ4n) is 2.00. The minimum absolute atomic E-state index is 0.364. The predicted octanol–water partition coefficient (Wildman–Crippen LogP) is 3.39. The van der Waals surface area contributed by atoms with Crippen LogP contribution in [0.15, 0.2) is 41.6 Å². The first-order chi connectivity index (χ1) is 8.41. The molecule has 2 nitrogen and oxygen atoms in total. The normalized spacial score (nSPS) is 14.6. The lowest BCUT2D eigenvalue weighted by Crippen LogP contribution is -2.31. The van der Waals surface area contributed by atoms with Crippen LogP contribution in [-0.2, 0) is 11.3 Å². The van der Waals surface area contributed by atoms with Crippen molar-refractivity contribution in [2.45, 2.75) is 39.3 Å². The smallest absolute Gasteiger partial charge is 0.0754 e. The Hall–Kier alpha value is -0.903. The maximum atomic E-state index is 9.78. The Bertz CT molecular complexity index is 377. The summed E-state index contributed by atoms with van der Waals surface area (Å²) < 4.78 is 5.63. The minimum Gasteiger partial charge on any atom is -0.389 e. The van der Waals surface area contributed by atoms with Crippen LogP contribution in [0.3, 0.4) is 0 Å². The Morgan fingerprint density at radius 3 is 2.39 bits per heavy atom. The number of hydrogen-bond donors (Lipinski definition) is 1. The quantitative estimate of drug-likeness (QED) is 0.630. The lowest BCUT2D eigenvalue weighted by molar-refractivity contribution is 0.147. The van der Waals surface area contributed by atoms with Crippen molar-refractivity contribution in [1.29, 1.82) is 0 Å². The third-order valence-corrected chi connectivity index (χ3v) is 5.20. The molecule has 1 rings (SSSR count). The van der Waals surface area contributed by atoms with Gasteiger partial charge in [-0.1, -0.05) is 61.2 Å². The largest absolute Gasteiger partial charge is 0.389 e. The van der Waals surface area contributed by atoms with E-state index >= 15 is 0 Å². The molecule has 1 atom stereocenters. The Balaban J connectivity index is 2.48. The van der Waals surface area contributed by atoms with E-state index in [1.165, 1.54) is 5.56 Å². The van der Waals surface area contributed by atoms with Crippen LogP contribution < -0.4 is 0 Å².